The molecule has 16 heavy (non-hydrogen) atoms. The highest BCUT2D eigenvalue weighted by Gasteiger charge is 2.10. The van der Waals surface area contributed by atoms with Gasteiger partial charge in [0.05, 0.1) is 18.8 Å². The summed E-state index contributed by atoms with van der Waals surface area (Å²) in [4.78, 5) is 10.8. The number of hydrogen-bond donors (Lipinski definition) is 0. The summed E-state index contributed by atoms with van der Waals surface area (Å²) in [7, 11) is 0. The van der Waals surface area contributed by atoms with Crippen LogP contribution in [0.5, 0.6) is 0 Å². The van der Waals surface area contributed by atoms with Crippen LogP contribution in [0.15, 0.2) is 28.9 Å². The molecule has 0 fully saturated rings. The summed E-state index contributed by atoms with van der Waals surface area (Å²) in [5.74, 6) is -0.342. The Hall–Kier alpha value is -1.97. The molecule has 2 heterocycles. The van der Waals surface area contributed by atoms with Gasteiger partial charge in [-0.2, -0.15) is 0 Å². The predicted octanol–water partition coefficient (Wildman–Crippen LogP) is 1.11. The number of furan rings is 1. The lowest BCUT2D eigenvalue weighted by molar-refractivity contribution is -0.255. The van der Waals surface area contributed by atoms with Crippen molar-refractivity contribution in [2.24, 2.45) is 0 Å². The van der Waals surface area contributed by atoms with Gasteiger partial charge in [-0.25, -0.2) is 0 Å². The first-order chi connectivity index (χ1) is 7.59. The number of carbonyl (C=O) groups is 1. The molecule has 4 heteroatoms. The third-order valence-corrected chi connectivity index (χ3v) is 2.69. The van der Waals surface area contributed by atoms with Gasteiger partial charge in [0.25, 0.3) is 0 Å². The van der Waals surface area contributed by atoms with Gasteiger partial charge in [-0.05, 0) is 32.0 Å². The molecule has 0 N–H and O–H groups in total. The van der Waals surface area contributed by atoms with Gasteiger partial charge >= 0.3 is 0 Å². The molecule has 0 aromatic carbocycles. The van der Waals surface area contributed by atoms with Crippen LogP contribution in [0.3, 0.4) is 0 Å². The molecule has 2 aromatic rings. The molecule has 2 aromatic heterocycles. The lowest BCUT2D eigenvalue weighted by atomic mass is 10.2. The fraction of sp³-hybridized carbons (Fsp3) is 0.250. The Morgan fingerprint density at radius 2 is 2.25 bits per heavy atom. The molecular formula is C12H12NO3-. The van der Waals surface area contributed by atoms with Crippen LogP contribution in [0.4, 0.5) is 0 Å². The summed E-state index contributed by atoms with van der Waals surface area (Å²) in [5.41, 5.74) is 1.81. The van der Waals surface area contributed by atoms with Crippen LogP contribution < -0.4 is 5.11 Å². The van der Waals surface area contributed by atoms with E-state index in [4.69, 9.17) is 4.42 Å². The normalized spacial score (nSPS) is 10.6. The molecule has 0 saturated heterocycles. The van der Waals surface area contributed by atoms with Gasteiger partial charge in [0.2, 0.25) is 0 Å². The van der Waals surface area contributed by atoms with Crippen molar-refractivity contribution < 1.29 is 14.3 Å². The molecule has 0 radical (unpaired) electrons. The highest BCUT2D eigenvalue weighted by atomic mass is 16.4. The van der Waals surface area contributed by atoms with Gasteiger partial charge in [-0.3, -0.25) is 0 Å². The van der Waals surface area contributed by atoms with Gasteiger partial charge in [0.1, 0.15) is 5.76 Å². The monoisotopic (exact) mass is 218 g/mol. The van der Waals surface area contributed by atoms with Crippen LogP contribution in [0.2, 0.25) is 0 Å². The lowest BCUT2D eigenvalue weighted by Crippen LogP contribution is -2.22. The van der Waals surface area contributed by atoms with Crippen molar-refractivity contribution in [3.05, 3.63) is 47.2 Å². The number of aromatic nitrogens is 1. The quantitative estimate of drug-likeness (QED) is 0.775. The first-order valence-corrected chi connectivity index (χ1v) is 5.00. The number of carbonyl (C=O) groups excluding carboxylic acids is 1. The Morgan fingerprint density at radius 1 is 1.50 bits per heavy atom. The fourth-order valence-electron chi connectivity index (χ4n) is 1.81. The topological polar surface area (TPSA) is 58.2 Å². The summed E-state index contributed by atoms with van der Waals surface area (Å²) in [6.45, 7) is 4.17. The number of aryl methyl sites for hydroxylation is 1. The van der Waals surface area contributed by atoms with Crippen molar-refractivity contribution in [1.29, 1.82) is 0 Å². The minimum Gasteiger partial charge on any atom is -0.545 e. The zero-order valence-electron chi connectivity index (χ0n) is 9.19. The summed E-state index contributed by atoms with van der Waals surface area (Å²) in [6.07, 6.45) is 1.60. The number of aromatic carboxylic acids is 1. The molecule has 0 aliphatic rings. The first-order valence-electron chi connectivity index (χ1n) is 5.00. The van der Waals surface area contributed by atoms with E-state index in [1.54, 1.807) is 19.3 Å². The molecule has 0 aliphatic carbocycles. The Balaban J connectivity index is 2.38. The number of carboxylic acids is 1. The van der Waals surface area contributed by atoms with E-state index in [-0.39, 0.29) is 5.56 Å². The van der Waals surface area contributed by atoms with Crippen LogP contribution >= 0.6 is 0 Å². The molecule has 2 rings (SSSR count). The first kappa shape index (κ1) is 10.5. The Kier molecular flexibility index (Phi) is 2.56. The third kappa shape index (κ3) is 1.74. The third-order valence-electron chi connectivity index (χ3n) is 2.69. The number of carboxylic acid groups (broad SMARTS) is 1. The zero-order chi connectivity index (χ0) is 11.7. The van der Waals surface area contributed by atoms with Crippen LogP contribution in [-0.4, -0.2) is 10.5 Å². The largest absolute Gasteiger partial charge is 0.545 e. The van der Waals surface area contributed by atoms with Gasteiger partial charge in [0, 0.05) is 17.0 Å². The molecule has 0 amide bonds. The summed E-state index contributed by atoms with van der Waals surface area (Å²) >= 11 is 0. The van der Waals surface area contributed by atoms with Crippen molar-refractivity contribution in [3.63, 3.8) is 0 Å². The SMILES string of the molecule is Cc1cc(C(=O)[O-])c(C)n1Cc1ccco1. The number of rotatable bonds is 3. The van der Waals surface area contributed by atoms with Gasteiger partial charge in [0.15, 0.2) is 0 Å². The van der Waals surface area contributed by atoms with E-state index in [1.807, 2.05) is 23.6 Å². The van der Waals surface area contributed by atoms with E-state index < -0.39 is 5.97 Å². The van der Waals surface area contributed by atoms with Gasteiger partial charge in [-0.15, -0.1) is 0 Å². The molecule has 0 spiro atoms. The molecule has 0 saturated carbocycles. The predicted molar refractivity (Wildman–Crippen MR) is 56.0 cm³/mol. The minimum atomic E-state index is -1.14. The van der Waals surface area contributed by atoms with E-state index in [2.05, 4.69) is 0 Å². The number of hydrogen-bond acceptors (Lipinski definition) is 3. The smallest absolute Gasteiger partial charge is 0.123 e. The molecule has 0 atom stereocenters. The van der Waals surface area contributed by atoms with Crippen LogP contribution in [0.1, 0.15) is 27.5 Å². The molecule has 0 unspecified atom stereocenters. The maximum atomic E-state index is 10.8. The molecule has 84 valence electrons. The maximum Gasteiger partial charge on any atom is 0.123 e. The Morgan fingerprint density at radius 3 is 2.75 bits per heavy atom. The van der Waals surface area contributed by atoms with E-state index in [0.29, 0.717) is 12.2 Å². The van der Waals surface area contributed by atoms with Crippen LogP contribution in [-0.2, 0) is 6.54 Å². The second-order valence-electron chi connectivity index (χ2n) is 3.74. The fourth-order valence-corrected chi connectivity index (χ4v) is 1.81. The Bertz CT molecular complexity index is 509. The van der Waals surface area contributed by atoms with E-state index >= 15 is 0 Å². The highest BCUT2D eigenvalue weighted by molar-refractivity contribution is 5.87. The molecule has 4 nitrogen and oxygen atoms in total. The summed E-state index contributed by atoms with van der Waals surface area (Å²) in [5, 5.41) is 10.8. The lowest BCUT2D eigenvalue weighted by Gasteiger charge is -2.08. The van der Waals surface area contributed by atoms with Crippen molar-refractivity contribution in [3.8, 4) is 0 Å². The standard InChI is InChI=1S/C12H13NO3/c1-8-6-11(12(14)15)9(2)13(8)7-10-4-3-5-16-10/h3-6H,7H2,1-2H3,(H,14,15)/p-1. The average molecular weight is 218 g/mol. The van der Waals surface area contributed by atoms with E-state index in [0.717, 1.165) is 11.5 Å². The Labute approximate surface area is 93.1 Å². The molecule has 0 aliphatic heterocycles. The van der Waals surface area contributed by atoms with Crippen LogP contribution in [0, 0.1) is 13.8 Å². The average Bonchev–Trinajstić information content (AvgIpc) is 2.81. The summed E-state index contributed by atoms with van der Waals surface area (Å²) in [6, 6.07) is 5.29. The van der Waals surface area contributed by atoms with E-state index in [1.165, 1.54) is 0 Å². The van der Waals surface area contributed by atoms with E-state index in [9.17, 15) is 9.90 Å². The second kappa shape index (κ2) is 3.89. The maximum absolute atomic E-state index is 10.8. The molecule has 0 bridgehead atoms. The number of nitrogens with zero attached hydrogens (tertiary/aromatic N) is 1. The van der Waals surface area contributed by atoms with Gasteiger partial charge < -0.3 is 18.9 Å². The minimum absolute atomic E-state index is 0.240. The molecular weight excluding hydrogens is 206 g/mol. The van der Waals surface area contributed by atoms with Crippen molar-refractivity contribution in [2.75, 3.05) is 0 Å². The second-order valence-corrected chi connectivity index (χ2v) is 3.74. The van der Waals surface area contributed by atoms with Crippen LogP contribution in [0.25, 0.3) is 0 Å². The summed E-state index contributed by atoms with van der Waals surface area (Å²) < 4.78 is 7.13. The van der Waals surface area contributed by atoms with Gasteiger partial charge in [-0.1, -0.05) is 0 Å². The highest BCUT2D eigenvalue weighted by Crippen LogP contribution is 2.16. The van der Waals surface area contributed by atoms with Crippen molar-refractivity contribution in [2.45, 2.75) is 20.4 Å². The zero-order valence-corrected chi connectivity index (χ0v) is 9.19. The van der Waals surface area contributed by atoms with Crippen molar-refractivity contribution in [1.82, 2.24) is 4.57 Å². The van der Waals surface area contributed by atoms with Crippen molar-refractivity contribution >= 4 is 5.97 Å².